The number of methoxy groups -OCH3 is 2. The first-order valence-corrected chi connectivity index (χ1v) is 12.7. The van der Waals surface area contributed by atoms with Crippen LogP contribution in [0.25, 0.3) is 11.3 Å². The molecule has 10 heteroatoms. The molecule has 176 valence electrons. The molecule has 0 aliphatic heterocycles. The Bertz CT molecular complexity index is 1190. The average molecular weight is 490 g/mol. The lowest BCUT2D eigenvalue weighted by atomic mass is 10.1. The number of thiazole rings is 1. The molecule has 33 heavy (non-hydrogen) atoms. The molecule has 0 spiro atoms. The van der Waals surface area contributed by atoms with Gasteiger partial charge in [-0.25, -0.2) is 18.1 Å². The second-order valence-electron chi connectivity index (χ2n) is 7.21. The molecule has 0 aliphatic rings. The molecular weight excluding hydrogens is 462 g/mol. The van der Waals surface area contributed by atoms with E-state index in [4.69, 9.17) is 9.47 Å². The summed E-state index contributed by atoms with van der Waals surface area (Å²) < 4.78 is 37.7. The van der Waals surface area contributed by atoms with Gasteiger partial charge in [0.15, 0.2) is 0 Å². The summed E-state index contributed by atoms with van der Waals surface area (Å²) >= 11 is 1.61. The molecule has 0 unspecified atom stereocenters. The third-order valence-corrected chi connectivity index (χ3v) is 7.14. The van der Waals surface area contributed by atoms with Crippen LogP contribution in [-0.4, -0.2) is 53.2 Å². The lowest BCUT2D eigenvalue weighted by Crippen LogP contribution is -2.29. The van der Waals surface area contributed by atoms with Gasteiger partial charge in [0, 0.05) is 36.7 Å². The van der Waals surface area contributed by atoms with E-state index in [-0.39, 0.29) is 35.3 Å². The zero-order valence-corrected chi connectivity index (χ0v) is 20.4. The Kier molecular flexibility index (Phi) is 8.56. The number of hydrogen-bond acceptors (Lipinski definition) is 7. The standard InChI is InChI=1S/C23H27N3O5S2/c1-16-26-20(15-32-16)18-6-4-17(5-7-18)10-11-24-23(27)19-8-9-21(31-3)22(14-19)33(28,29)25-12-13-30-2/h4-9,14-15,25H,10-13H2,1-3H3,(H,24,27). The van der Waals surface area contributed by atoms with Crippen LogP contribution in [-0.2, 0) is 21.2 Å². The molecule has 8 nitrogen and oxygen atoms in total. The summed E-state index contributed by atoms with van der Waals surface area (Å²) in [6, 6.07) is 12.4. The number of carbonyl (C=O) groups excluding carboxylic acids is 1. The second kappa shape index (κ2) is 11.4. The molecular formula is C23H27N3O5S2. The number of aromatic nitrogens is 1. The van der Waals surface area contributed by atoms with Gasteiger partial charge in [0.2, 0.25) is 10.0 Å². The molecule has 1 heterocycles. The molecule has 1 aromatic heterocycles. The summed E-state index contributed by atoms with van der Waals surface area (Å²) in [6.07, 6.45) is 0.641. The van der Waals surface area contributed by atoms with Gasteiger partial charge in [0.25, 0.3) is 5.91 Å². The van der Waals surface area contributed by atoms with Gasteiger partial charge in [-0.2, -0.15) is 0 Å². The number of carbonyl (C=O) groups is 1. The van der Waals surface area contributed by atoms with Crippen molar-refractivity contribution in [3.05, 3.63) is 64.0 Å². The topological polar surface area (TPSA) is 107 Å². The first-order valence-electron chi connectivity index (χ1n) is 10.3. The quantitative estimate of drug-likeness (QED) is 0.401. The Labute approximate surface area is 198 Å². The van der Waals surface area contributed by atoms with Crippen molar-refractivity contribution in [1.82, 2.24) is 15.0 Å². The molecule has 0 atom stereocenters. The summed E-state index contributed by atoms with van der Waals surface area (Å²) in [4.78, 5) is 17.0. The number of nitrogens with one attached hydrogen (secondary N) is 2. The summed E-state index contributed by atoms with van der Waals surface area (Å²) in [5.41, 5.74) is 3.32. The third kappa shape index (κ3) is 6.61. The molecule has 1 amide bonds. The van der Waals surface area contributed by atoms with E-state index in [1.807, 2.05) is 36.6 Å². The molecule has 0 saturated heterocycles. The predicted molar refractivity (Wildman–Crippen MR) is 128 cm³/mol. The molecule has 0 fully saturated rings. The largest absolute Gasteiger partial charge is 0.495 e. The highest BCUT2D eigenvalue weighted by molar-refractivity contribution is 7.89. The lowest BCUT2D eigenvalue weighted by molar-refractivity contribution is 0.0954. The monoisotopic (exact) mass is 489 g/mol. The van der Waals surface area contributed by atoms with Gasteiger partial charge in [-0.15, -0.1) is 11.3 Å². The van der Waals surface area contributed by atoms with Gasteiger partial charge in [0.1, 0.15) is 10.6 Å². The fourth-order valence-corrected chi connectivity index (χ4v) is 4.97. The molecule has 0 bridgehead atoms. The molecule has 2 aromatic carbocycles. The summed E-state index contributed by atoms with van der Waals surface area (Å²) in [5.74, 6) is -0.201. The van der Waals surface area contributed by atoms with Crippen LogP contribution in [0.4, 0.5) is 0 Å². The number of nitrogens with zero attached hydrogens (tertiary/aromatic N) is 1. The molecule has 0 saturated carbocycles. The Hall–Kier alpha value is -2.79. The minimum Gasteiger partial charge on any atom is -0.495 e. The van der Waals surface area contributed by atoms with E-state index in [0.29, 0.717) is 13.0 Å². The van der Waals surface area contributed by atoms with Crippen molar-refractivity contribution < 1.29 is 22.7 Å². The normalized spacial score (nSPS) is 11.4. The van der Waals surface area contributed by atoms with Crippen molar-refractivity contribution in [2.45, 2.75) is 18.2 Å². The van der Waals surface area contributed by atoms with Gasteiger partial charge >= 0.3 is 0 Å². The highest BCUT2D eigenvalue weighted by atomic mass is 32.2. The first-order chi connectivity index (χ1) is 15.8. The van der Waals surface area contributed by atoms with Gasteiger partial charge < -0.3 is 14.8 Å². The molecule has 2 N–H and O–H groups in total. The van der Waals surface area contributed by atoms with Crippen LogP contribution in [0.3, 0.4) is 0 Å². The van der Waals surface area contributed by atoms with Gasteiger partial charge in [-0.05, 0) is 37.1 Å². The zero-order chi connectivity index (χ0) is 23.8. The predicted octanol–water partition coefficient (Wildman–Crippen LogP) is 3.02. The maximum Gasteiger partial charge on any atom is 0.251 e. The zero-order valence-electron chi connectivity index (χ0n) is 18.8. The molecule has 3 rings (SSSR count). The summed E-state index contributed by atoms with van der Waals surface area (Å²) in [6.45, 7) is 2.73. The van der Waals surface area contributed by atoms with Crippen LogP contribution >= 0.6 is 11.3 Å². The fourth-order valence-electron chi connectivity index (χ4n) is 3.14. The number of rotatable bonds is 11. The summed E-state index contributed by atoms with van der Waals surface area (Å²) in [5, 5.41) is 5.89. The SMILES string of the molecule is COCCNS(=O)(=O)c1cc(C(=O)NCCc2ccc(-c3csc(C)n3)cc2)ccc1OC. The maximum atomic E-state index is 12.6. The number of aryl methyl sites for hydroxylation is 1. The Morgan fingerprint density at radius 3 is 2.48 bits per heavy atom. The van der Waals surface area contributed by atoms with Crippen molar-refractivity contribution in [1.29, 1.82) is 0 Å². The smallest absolute Gasteiger partial charge is 0.251 e. The fraction of sp³-hybridized carbons (Fsp3) is 0.304. The average Bonchev–Trinajstić information content (AvgIpc) is 3.25. The summed E-state index contributed by atoms with van der Waals surface area (Å²) in [7, 11) is -0.999. The second-order valence-corrected chi connectivity index (χ2v) is 10.0. The minimum atomic E-state index is -3.86. The van der Waals surface area contributed by atoms with Crippen molar-refractivity contribution in [2.75, 3.05) is 33.9 Å². The van der Waals surface area contributed by atoms with Crippen LogP contribution in [0, 0.1) is 6.92 Å². The molecule has 0 radical (unpaired) electrons. The molecule has 0 aliphatic carbocycles. The van der Waals surface area contributed by atoms with E-state index in [1.165, 1.54) is 32.4 Å². The van der Waals surface area contributed by atoms with E-state index in [2.05, 4.69) is 15.0 Å². The number of amides is 1. The van der Waals surface area contributed by atoms with Crippen LogP contribution in [0.1, 0.15) is 20.9 Å². The first kappa shape index (κ1) is 24.8. The lowest BCUT2D eigenvalue weighted by Gasteiger charge is -2.12. The Morgan fingerprint density at radius 2 is 1.85 bits per heavy atom. The van der Waals surface area contributed by atoms with E-state index < -0.39 is 10.0 Å². The van der Waals surface area contributed by atoms with Crippen LogP contribution in [0.2, 0.25) is 0 Å². The van der Waals surface area contributed by atoms with E-state index >= 15 is 0 Å². The number of hydrogen-bond donors (Lipinski definition) is 2. The maximum absolute atomic E-state index is 12.6. The molecule has 3 aromatic rings. The van der Waals surface area contributed by atoms with Crippen molar-refractivity contribution in [3.8, 4) is 17.0 Å². The van der Waals surface area contributed by atoms with Crippen molar-refractivity contribution in [2.24, 2.45) is 0 Å². The van der Waals surface area contributed by atoms with Gasteiger partial charge in [-0.3, -0.25) is 4.79 Å². The van der Waals surface area contributed by atoms with Crippen LogP contribution in [0.5, 0.6) is 5.75 Å². The van der Waals surface area contributed by atoms with E-state index in [1.54, 1.807) is 11.3 Å². The van der Waals surface area contributed by atoms with E-state index in [0.717, 1.165) is 21.8 Å². The number of ether oxygens (including phenoxy) is 2. The minimum absolute atomic E-state index is 0.0957. The van der Waals surface area contributed by atoms with Crippen molar-refractivity contribution in [3.63, 3.8) is 0 Å². The van der Waals surface area contributed by atoms with Crippen LogP contribution < -0.4 is 14.8 Å². The van der Waals surface area contributed by atoms with Crippen molar-refractivity contribution >= 4 is 27.3 Å². The van der Waals surface area contributed by atoms with Gasteiger partial charge in [-0.1, -0.05) is 24.3 Å². The van der Waals surface area contributed by atoms with Gasteiger partial charge in [0.05, 0.1) is 24.4 Å². The van der Waals surface area contributed by atoms with Crippen LogP contribution in [0.15, 0.2) is 52.7 Å². The third-order valence-electron chi connectivity index (χ3n) is 4.88. The Morgan fingerprint density at radius 1 is 1.09 bits per heavy atom. The number of benzene rings is 2. The highest BCUT2D eigenvalue weighted by Crippen LogP contribution is 2.25. The highest BCUT2D eigenvalue weighted by Gasteiger charge is 2.21. The van der Waals surface area contributed by atoms with E-state index in [9.17, 15) is 13.2 Å². The Balaban J connectivity index is 1.62. The number of sulfonamides is 1.